The van der Waals surface area contributed by atoms with Crippen molar-refractivity contribution in [2.45, 2.75) is 6.54 Å². The number of hydrogen-bond acceptors (Lipinski definition) is 3. The molecule has 3 aromatic rings. The van der Waals surface area contributed by atoms with Crippen LogP contribution in [0.25, 0.3) is 22.2 Å². The first-order valence-corrected chi connectivity index (χ1v) is 5.67. The molecule has 0 aliphatic rings. The molecule has 0 amide bonds. The highest BCUT2D eigenvalue weighted by molar-refractivity contribution is 5.81. The van der Waals surface area contributed by atoms with Gasteiger partial charge in [-0.25, -0.2) is 4.79 Å². The van der Waals surface area contributed by atoms with Crippen LogP contribution in [-0.4, -0.2) is 27.2 Å². The number of hydrogen-bond donors (Lipinski definition) is 4. The van der Waals surface area contributed by atoms with Crippen LogP contribution in [0.4, 0.5) is 0 Å². The van der Waals surface area contributed by atoms with Gasteiger partial charge in [0.25, 0.3) is 0 Å². The summed E-state index contributed by atoms with van der Waals surface area (Å²) >= 11 is 0. The maximum atomic E-state index is 11.2. The SMILES string of the molecule is CNCc1[nH]ncc1-c1ccc2[nH]c(=O)[nH]c2c1. The van der Waals surface area contributed by atoms with Gasteiger partial charge in [0.2, 0.25) is 0 Å². The van der Waals surface area contributed by atoms with Gasteiger partial charge in [-0.15, -0.1) is 0 Å². The molecule has 92 valence electrons. The van der Waals surface area contributed by atoms with E-state index < -0.39 is 0 Å². The average Bonchev–Trinajstić information content (AvgIpc) is 2.93. The van der Waals surface area contributed by atoms with Crippen molar-refractivity contribution in [3.63, 3.8) is 0 Å². The number of fused-ring (bicyclic) bond motifs is 1. The number of H-pyrrole nitrogens is 3. The van der Waals surface area contributed by atoms with Crippen LogP contribution < -0.4 is 11.0 Å². The molecule has 0 aliphatic carbocycles. The Bertz CT molecular complexity index is 736. The molecule has 0 aliphatic heterocycles. The Morgan fingerprint density at radius 1 is 1.28 bits per heavy atom. The molecule has 6 nitrogen and oxygen atoms in total. The van der Waals surface area contributed by atoms with E-state index in [9.17, 15) is 4.79 Å². The molecule has 0 saturated carbocycles. The molecular weight excluding hydrogens is 230 g/mol. The van der Waals surface area contributed by atoms with Crippen molar-refractivity contribution in [2.75, 3.05) is 7.05 Å². The van der Waals surface area contributed by atoms with E-state index in [4.69, 9.17) is 0 Å². The van der Waals surface area contributed by atoms with Gasteiger partial charge >= 0.3 is 5.69 Å². The molecule has 0 fully saturated rings. The molecular formula is C12H13N5O. The van der Waals surface area contributed by atoms with Crippen molar-refractivity contribution in [2.24, 2.45) is 0 Å². The molecule has 2 heterocycles. The second-order valence-corrected chi connectivity index (χ2v) is 4.13. The highest BCUT2D eigenvalue weighted by Gasteiger charge is 2.08. The number of benzene rings is 1. The topological polar surface area (TPSA) is 89.4 Å². The van der Waals surface area contributed by atoms with Gasteiger partial charge in [-0.3, -0.25) is 5.10 Å². The Hall–Kier alpha value is -2.34. The van der Waals surface area contributed by atoms with E-state index in [1.807, 2.05) is 25.2 Å². The molecule has 0 spiro atoms. The predicted molar refractivity (Wildman–Crippen MR) is 69.3 cm³/mol. The quantitative estimate of drug-likeness (QED) is 0.552. The summed E-state index contributed by atoms with van der Waals surface area (Å²) < 4.78 is 0. The fraction of sp³-hybridized carbons (Fsp3) is 0.167. The van der Waals surface area contributed by atoms with E-state index in [1.165, 1.54) is 0 Å². The fourth-order valence-electron chi connectivity index (χ4n) is 2.07. The standard InChI is InChI=1S/C12H13N5O/c1-13-6-11-8(5-14-17-11)7-2-3-9-10(4-7)16-12(18)15-9/h2-5,13H,6H2,1H3,(H,14,17)(H2,15,16,18). The van der Waals surface area contributed by atoms with E-state index in [1.54, 1.807) is 6.20 Å². The summed E-state index contributed by atoms with van der Waals surface area (Å²) in [6.07, 6.45) is 1.79. The van der Waals surface area contributed by atoms with E-state index >= 15 is 0 Å². The Balaban J connectivity index is 2.12. The zero-order valence-electron chi connectivity index (χ0n) is 9.87. The van der Waals surface area contributed by atoms with Crippen molar-refractivity contribution in [1.82, 2.24) is 25.5 Å². The summed E-state index contributed by atoms with van der Waals surface area (Å²) in [6, 6.07) is 5.80. The zero-order chi connectivity index (χ0) is 12.5. The van der Waals surface area contributed by atoms with Gasteiger partial charge in [0.1, 0.15) is 0 Å². The maximum absolute atomic E-state index is 11.2. The fourth-order valence-corrected chi connectivity index (χ4v) is 2.07. The van der Waals surface area contributed by atoms with Crippen LogP contribution in [0.1, 0.15) is 5.69 Å². The van der Waals surface area contributed by atoms with Gasteiger partial charge in [-0.1, -0.05) is 6.07 Å². The van der Waals surface area contributed by atoms with Gasteiger partial charge in [0.15, 0.2) is 0 Å². The lowest BCUT2D eigenvalue weighted by Gasteiger charge is -2.02. The van der Waals surface area contributed by atoms with Crippen molar-refractivity contribution >= 4 is 11.0 Å². The number of imidazole rings is 1. The highest BCUT2D eigenvalue weighted by Crippen LogP contribution is 2.24. The molecule has 4 N–H and O–H groups in total. The van der Waals surface area contributed by atoms with Crippen LogP contribution in [0.2, 0.25) is 0 Å². The van der Waals surface area contributed by atoms with E-state index in [0.717, 1.165) is 34.4 Å². The lowest BCUT2D eigenvalue weighted by Crippen LogP contribution is -2.06. The smallest absolute Gasteiger partial charge is 0.314 e. The number of aromatic nitrogens is 4. The Kier molecular flexibility index (Phi) is 2.49. The van der Waals surface area contributed by atoms with Crippen LogP contribution >= 0.6 is 0 Å². The maximum Gasteiger partial charge on any atom is 0.323 e. The second-order valence-electron chi connectivity index (χ2n) is 4.13. The van der Waals surface area contributed by atoms with E-state index in [-0.39, 0.29) is 5.69 Å². The molecule has 18 heavy (non-hydrogen) atoms. The summed E-state index contributed by atoms with van der Waals surface area (Å²) in [4.78, 5) is 16.7. The van der Waals surface area contributed by atoms with Crippen molar-refractivity contribution in [3.8, 4) is 11.1 Å². The minimum atomic E-state index is -0.190. The molecule has 0 saturated heterocycles. The molecule has 3 rings (SSSR count). The van der Waals surface area contributed by atoms with Crippen molar-refractivity contribution < 1.29 is 0 Å². The molecule has 0 bridgehead atoms. The summed E-state index contributed by atoms with van der Waals surface area (Å²) in [7, 11) is 1.89. The minimum absolute atomic E-state index is 0.190. The third-order valence-corrected chi connectivity index (χ3v) is 2.90. The first-order chi connectivity index (χ1) is 8.78. The number of aromatic amines is 3. The third-order valence-electron chi connectivity index (χ3n) is 2.90. The molecule has 0 atom stereocenters. The summed E-state index contributed by atoms with van der Waals surface area (Å²) in [5.74, 6) is 0. The molecule has 6 heteroatoms. The normalized spacial score (nSPS) is 11.2. The molecule has 0 radical (unpaired) electrons. The van der Waals surface area contributed by atoms with Crippen LogP contribution in [-0.2, 0) is 6.54 Å². The van der Waals surface area contributed by atoms with Gasteiger partial charge in [0, 0.05) is 12.1 Å². The summed E-state index contributed by atoms with van der Waals surface area (Å²) in [5.41, 5.74) is 4.50. The first kappa shape index (κ1) is 10.8. The van der Waals surface area contributed by atoms with Crippen LogP contribution in [0.15, 0.2) is 29.2 Å². The van der Waals surface area contributed by atoms with Gasteiger partial charge in [-0.2, -0.15) is 5.10 Å². The number of rotatable bonds is 3. The Morgan fingerprint density at radius 2 is 2.11 bits per heavy atom. The van der Waals surface area contributed by atoms with Crippen molar-refractivity contribution in [3.05, 3.63) is 40.6 Å². The summed E-state index contributed by atoms with van der Waals surface area (Å²) in [5, 5.41) is 10.1. The van der Waals surface area contributed by atoms with E-state index in [2.05, 4.69) is 25.5 Å². The Labute approximate surface area is 102 Å². The number of nitrogens with zero attached hydrogens (tertiary/aromatic N) is 1. The highest BCUT2D eigenvalue weighted by atomic mass is 16.1. The van der Waals surface area contributed by atoms with Crippen LogP contribution in [0.3, 0.4) is 0 Å². The van der Waals surface area contributed by atoms with Crippen LogP contribution in [0, 0.1) is 0 Å². The lowest BCUT2D eigenvalue weighted by molar-refractivity contribution is 0.785. The first-order valence-electron chi connectivity index (χ1n) is 5.67. The molecule has 1 aromatic carbocycles. The van der Waals surface area contributed by atoms with Crippen molar-refractivity contribution in [1.29, 1.82) is 0 Å². The monoisotopic (exact) mass is 243 g/mol. The third kappa shape index (κ3) is 1.72. The lowest BCUT2D eigenvalue weighted by atomic mass is 10.1. The number of nitrogens with one attached hydrogen (secondary N) is 4. The molecule has 2 aromatic heterocycles. The Morgan fingerprint density at radius 3 is 2.94 bits per heavy atom. The molecule has 0 unspecified atom stereocenters. The van der Waals surface area contributed by atoms with Gasteiger partial charge < -0.3 is 15.3 Å². The predicted octanol–water partition coefficient (Wildman–Crippen LogP) is 0.966. The minimum Gasteiger partial charge on any atom is -0.314 e. The van der Waals surface area contributed by atoms with E-state index in [0.29, 0.717) is 0 Å². The second kappa shape index (κ2) is 4.15. The van der Waals surface area contributed by atoms with Crippen LogP contribution in [0.5, 0.6) is 0 Å². The van der Waals surface area contributed by atoms with Gasteiger partial charge in [-0.05, 0) is 24.7 Å². The average molecular weight is 243 g/mol. The largest absolute Gasteiger partial charge is 0.323 e. The summed E-state index contributed by atoms with van der Waals surface area (Å²) in [6.45, 7) is 0.719. The van der Waals surface area contributed by atoms with Gasteiger partial charge in [0.05, 0.1) is 22.9 Å². The zero-order valence-corrected chi connectivity index (χ0v) is 9.87.